The number of pyridine rings is 2. The summed E-state index contributed by atoms with van der Waals surface area (Å²) in [4.78, 5) is 19.9. The van der Waals surface area contributed by atoms with Gasteiger partial charge in [0.15, 0.2) is 0 Å². The topological polar surface area (TPSA) is 80.9 Å². The molecule has 5 heteroatoms. The quantitative estimate of drug-likeness (QED) is 0.895. The van der Waals surface area contributed by atoms with Crippen LogP contribution in [0.3, 0.4) is 0 Å². The molecule has 2 aromatic rings. The van der Waals surface area contributed by atoms with Crippen molar-refractivity contribution in [3.8, 4) is 0 Å². The van der Waals surface area contributed by atoms with Gasteiger partial charge >= 0.3 is 0 Å². The van der Waals surface area contributed by atoms with E-state index in [9.17, 15) is 4.79 Å². The van der Waals surface area contributed by atoms with E-state index in [1.165, 1.54) is 0 Å². The summed E-state index contributed by atoms with van der Waals surface area (Å²) < 4.78 is 0. The number of carbonyl (C=O) groups is 1. The summed E-state index contributed by atoms with van der Waals surface area (Å²) in [5, 5.41) is 3.20. The predicted octanol–water partition coefficient (Wildman–Crippen LogP) is 2.75. The summed E-state index contributed by atoms with van der Waals surface area (Å²) >= 11 is 0. The highest BCUT2D eigenvalue weighted by Crippen LogP contribution is 2.29. The highest BCUT2D eigenvalue weighted by atomic mass is 16.1. The van der Waals surface area contributed by atoms with Gasteiger partial charge in [-0.3, -0.25) is 9.78 Å². The first-order valence-electron chi connectivity index (χ1n) is 6.48. The molecule has 2 rings (SSSR count). The number of aromatic nitrogens is 2. The van der Waals surface area contributed by atoms with Crippen molar-refractivity contribution in [2.45, 2.75) is 26.7 Å². The molecular formula is C15H18N4O. The molecule has 104 valence electrons. The van der Waals surface area contributed by atoms with Gasteiger partial charge < -0.3 is 11.1 Å². The average Bonchev–Trinajstić information content (AvgIpc) is 2.41. The summed E-state index contributed by atoms with van der Waals surface area (Å²) in [7, 11) is 0. The van der Waals surface area contributed by atoms with Gasteiger partial charge in [-0.15, -0.1) is 0 Å². The summed E-state index contributed by atoms with van der Waals surface area (Å²) in [6, 6.07) is 5.30. The van der Waals surface area contributed by atoms with Crippen molar-refractivity contribution >= 4 is 17.4 Å². The number of rotatable bonds is 4. The van der Waals surface area contributed by atoms with Gasteiger partial charge in [-0.1, -0.05) is 13.8 Å². The van der Waals surface area contributed by atoms with Crippen molar-refractivity contribution in [1.82, 2.24) is 9.97 Å². The van der Waals surface area contributed by atoms with Crippen LogP contribution < -0.4 is 11.1 Å². The number of amides is 1. The van der Waals surface area contributed by atoms with Gasteiger partial charge in [-0.25, -0.2) is 4.98 Å². The zero-order valence-electron chi connectivity index (χ0n) is 11.8. The van der Waals surface area contributed by atoms with Gasteiger partial charge in [0.2, 0.25) is 0 Å². The molecule has 0 unspecified atom stereocenters. The fourth-order valence-electron chi connectivity index (χ4n) is 2.05. The fraction of sp³-hybridized carbons (Fsp3) is 0.267. The van der Waals surface area contributed by atoms with E-state index in [0.717, 1.165) is 16.9 Å². The standard InChI is InChI=1S/C15H18N4O/c1-9(2)11-6-8-17-10(3)13(11)19-15-12(14(16)20)5-4-7-18-15/h4-9H,1-3H3,(H2,16,20)(H,18,19). The molecule has 0 bridgehead atoms. The normalized spacial score (nSPS) is 10.6. The van der Waals surface area contributed by atoms with E-state index in [2.05, 4.69) is 29.1 Å². The van der Waals surface area contributed by atoms with Gasteiger partial charge in [0.05, 0.1) is 16.9 Å². The lowest BCUT2D eigenvalue weighted by Crippen LogP contribution is -2.15. The highest BCUT2D eigenvalue weighted by Gasteiger charge is 2.14. The minimum absolute atomic E-state index is 0.333. The second-order valence-electron chi connectivity index (χ2n) is 4.90. The SMILES string of the molecule is Cc1nccc(C(C)C)c1Nc1ncccc1C(N)=O. The van der Waals surface area contributed by atoms with E-state index in [1.807, 2.05) is 13.0 Å². The van der Waals surface area contributed by atoms with Crippen LogP contribution in [-0.2, 0) is 0 Å². The van der Waals surface area contributed by atoms with Crippen molar-refractivity contribution in [1.29, 1.82) is 0 Å². The van der Waals surface area contributed by atoms with E-state index in [0.29, 0.717) is 17.3 Å². The van der Waals surface area contributed by atoms with Crippen LogP contribution in [0.1, 0.15) is 41.4 Å². The van der Waals surface area contributed by atoms with Gasteiger partial charge in [0, 0.05) is 12.4 Å². The molecule has 0 aliphatic rings. The third-order valence-corrected chi connectivity index (χ3v) is 3.11. The Bertz CT molecular complexity index is 638. The fourth-order valence-corrected chi connectivity index (χ4v) is 2.05. The Kier molecular flexibility index (Phi) is 3.98. The van der Waals surface area contributed by atoms with Crippen LogP contribution in [0.2, 0.25) is 0 Å². The first-order chi connectivity index (χ1) is 9.50. The first-order valence-corrected chi connectivity index (χ1v) is 6.48. The molecule has 0 saturated carbocycles. The molecule has 0 radical (unpaired) electrons. The summed E-state index contributed by atoms with van der Waals surface area (Å²) in [6.07, 6.45) is 3.40. The Morgan fingerprint density at radius 2 is 2.00 bits per heavy atom. The van der Waals surface area contributed by atoms with Gasteiger partial charge in [-0.05, 0) is 36.6 Å². The molecule has 0 atom stereocenters. The van der Waals surface area contributed by atoms with E-state index in [4.69, 9.17) is 5.73 Å². The van der Waals surface area contributed by atoms with Crippen molar-refractivity contribution in [3.63, 3.8) is 0 Å². The van der Waals surface area contributed by atoms with Crippen LogP contribution in [0.15, 0.2) is 30.6 Å². The Morgan fingerprint density at radius 1 is 1.25 bits per heavy atom. The molecule has 2 aromatic heterocycles. The maximum Gasteiger partial charge on any atom is 0.252 e. The Hall–Kier alpha value is -2.43. The molecule has 1 amide bonds. The number of hydrogen-bond acceptors (Lipinski definition) is 4. The molecule has 0 aromatic carbocycles. The lowest BCUT2D eigenvalue weighted by molar-refractivity contribution is 0.100. The van der Waals surface area contributed by atoms with Gasteiger partial charge in [0.1, 0.15) is 5.82 Å². The van der Waals surface area contributed by atoms with Crippen molar-refractivity contribution in [2.75, 3.05) is 5.32 Å². The van der Waals surface area contributed by atoms with Crippen molar-refractivity contribution < 1.29 is 4.79 Å². The summed E-state index contributed by atoms with van der Waals surface area (Å²) in [6.45, 7) is 6.13. The molecule has 5 nitrogen and oxygen atoms in total. The molecule has 3 N–H and O–H groups in total. The molecule has 2 heterocycles. The molecule has 20 heavy (non-hydrogen) atoms. The van der Waals surface area contributed by atoms with E-state index in [-0.39, 0.29) is 0 Å². The maximum absolute atomic E-state index is 11.4. The van der Waals surface area contributed by atoms with E-state index >= 15 is 0 Å². The van der Waals surface area contributed by atoms with Crippen molar-refractivity contribution in [2.24, 2.45) is 5.73 Å². The summed E-state index contributed by atoms with van der Waals surface area (Å²) in [5.74, 6) is 0.284. The van der Waals surface area contributed by atoms with Gasteiger partial charge in [0.25, 0.3) is 5.91 Å². The Balaban J connectivity index is 2.48. The highest BCUT2D eigenvalue weighted by molar-refractivity contribution is 5.98. The second-order valence-corrected chi connectivity index (χ2v) is 4.90. The van der Waals surface area contributed by atoms with Crippen LogP contribution in [0, 0.1) is 6.92 Å². The van der Waals surface area contributed by atoms with Gasteiger partial charge in [-0.2, -0.15) is 0 Å². The van der Waals surface area contributed by atoms with Crippen LogP contribution >= 0.6 is 0 Å². The number of hydrogen-bond donors (Lipinski definition) is 2. The molecule has 0 fully saturated rings. The maximum atomic E-state index is 11.4. The smallest absolute Gasteiger partial charge is 0.252 e. The molecular weight excluding hydrogens is 252 g/mol. The number of aryl methyl sites for hydroxylation is 1. The second kappa shape index (κ2) is 5.69. The molecule has 0 aliphatic heterocycles. The first kappa shape index (κ1) is 14.0. The van der Waals surface area contributed by atoms with E-state index < -0.39 is 5.91 Å². The van der Waals surface area contributed by atoms with Crippen LogP contribution in [-0.4, -0.2) is 15.9 Å². The Morgan fingerprint density at radius 3 is 2.65 bits per heavy atom. The van der Waals surface area contributed by atoms with E-state index in [1.54, 1.807) is 24.5 Å². The third kappa shape index (κ3) is 2.77. The number of anilines is 2. The molecule has 0 saturated heterocycles. The number of nitrogens with two attached hydrogens (primary N) is 1. The lowest BCUT2D eigenvalue weighted by Gasteiger charge is -2.17. The third-order valence-electron chi connectivity index (χ3n) is 3.11. The minimum Gasteiger partial charge on any atom is -0.365 e. The summed E-state index contributed by atoms with van der Waals surface area (Å²) in [5.41, 5.74) is 8.60. The van der Waals surface area contributed by atoms with Crippen LogP contribution in [0.5, 0.6) is 0 Å². The average molecular weight is 270 g/mol. The van der Waals surface area contributed by atoms with Crippen LogP contribution in [0.4, 0.5) is 11.5 Å². The van der Waals surface area contributed by atoms with Crippen molar-refractivity contribution in [3.05, 3.63) is 47.4 Å². The van der Waals surface area contributed by atoms with Crippen LogP contribution in [0.25, 0.3) is 0 Å². The Labute approximate surface area is 118 Å². The zero-order chi connectivity index (χ0) is 14.7. The lowest BCUT2D eigenvalue weighted by atomic mass is 10.0. The molecule has 0 aliphatic carbocycles. The minimum atomic E-state index is -0.506. The monoisotopic (exact) mass is 270 g/mol. The number of carbonyl (C=O) groups excluding carboxylic acids is 1. The number of nitrogens with one attached hydrogen (secondary N) is 1. The zero-order valence-corrected chi connectivity index (χ0v) is 11.8. The number of primary amides is 1. The predicted molar refractivity (Wildman–Crippen MR) is 79.1 cm³/mol. The number of nitrogens with zero attached hydrogens (tertiary/aromatic N) is 2. The molecule has 0 spiro atoms. The largest absolute Gasteiger partial charge is 0.365 e.